The summed E-state index contributed by atoms with van der Waals surface area (Å²) in [5.74, 6) is -0.514. The normalized spacial score (nSPS) is 28.2. The van der Waals surface area contributed by atoms with Gasteiger partial charge in [-0.15, -0.1) is 6.58 Å². The highest BCUT2D eigenvalue weighted by Crippen LogP contribution is 2.34. The summed E-state index contributed by atoms with van der Waals surface area (Å²) < 4.78 is 4.78. The van der Waals surface area contributed by atoms with E-state index in [0.29, 0.717) is 19.4 Å². The van der Waals surface area contributed by atoms with Gasteiger partial charge in [-0.2, -0.15) is 0 Å². The highest BCUT2D eigenvalue weighted by Gasteiger charge is 2.47. The van der Waals surface area contributed by atoms with Crippen molar-refractivity contribution in [2.75, 3.05) is 6.61 Å². The van der Waals surface area contributed by atoms with Crippen molar-refractivity contribution in [3.8, 4) is 0 Å². The monoisotopic (exact) mass is 168 g/mol. The predicted octanol–water partition coefficient (Wildman–Crippen LogP) is 1.08. The lowest BCUT2D eigenvalue weighted by Crippen LogP contribution is -2.33. The van der Waals surface area contributed by atoms with E-state index in [1.807, 2.05) is 0 Å². The Bertz CT molecular complexity index is 232. The van der Waals surface area contributed by atoms with E-state index in [9.17, 15) is 9.59 Å². The van der Waals surface area contributed by atoms with E-state index in [2.05, 4.69) is 6.58 Å². The van der Waals surface area contributed by atoms with Crippen molar-refractivity contribution in [3.63, 3.8) is 0 Å². The number of hydrogen-bond acceptors (Lipinski definition) is 3. The fourth-order valence-electron chi connectivity index (χ4n) is 1.45. The molecule has 1 rings (SSSR count). The molecule has 0 saturated carbocycles. The van der Waals surface area contributed by atoms with Crippen LogP contribution in [0.4, 0.5) is 0 Å². The minimum absolute atomic E-state index is 0.120. The number of carbonyl (C=O) groups excluding carboxylic acids is 2. The fourth-order valence-corrected chi connectivity index (χ4v) is 1.45. The molecular weight excluding hydrogens is 156 g/mol. The van der Waals surface area contributed by atoms with Gasteiger partial charge in [-0.25, -0.2) is 0 Å². The second-order valence-electron chi connectivity index (χ2n) is 3.02. The second kappa shape index (κ2) is 3.09. The Hall–Kier alpha value is -1.12. The molecule has 1 fully saturated rings. The number of ether oxygens (including phenoxy) is 1. The van der Waals surface area contributed by atoms with Crippen LogP contribution in [0.15, 0.2) is 12.7 Å². The van der Waals surface area contributed by atoms with Gasteiger partial charge in [-0.05, 0) is 13.3 Å². The lowest BCUT2D eigenvalue weighted by Gasteiger charge is -2.18. The van der Waals surface area contributed by atoms with E-state index < -0.39 is 11.4 Å². The largest absolute Gasteiger partial charge is 0.465 e. The average molecular weight is 168 g/mol. The molecule has 1 aliphatic heterocycles. The molecule has 0 spiro atoms. The van der Waals surface area contributed by atoms with Crippen LogP contribution in [0.3, 0.4) is 0 Å². The van der Waals surface area contributed by atoms with Gasteiger partial charge < -0.3 is 4.74 Å². The van der Waals surface area contributed by atoms with Crippen molar-refractivity contribution in [2.24, 2.45) is 5.41 Å². The van der Waals surface area contributed by atoms with E-state index in [0.717, 1.165) is 0 Å². The molecule has 0 N–H and O–H groups in total. The van der Waals surface area contributed by atoms with Crippen LogP contribution in [0.2, 0.25) is 0 Å². The molecule has 0 aromatic carbocycles. The van der Waals surface area contributed by atoms with Crippen LogP contribution < -0.4 is 0 Å². The van der Waals surface area contributed by atoms with Crippen LogP contribution in [0, 0.1) is 5.41 Å². The molecule has 1 atom stereocenters. The summed E-state index contributed by atoms with van der Waals surface area (Å²) >= 11 is 0. The van der Waals surface area contributed by atoms with Crippen molar-refractivity contribution < 1.29 is 14.3 Å². The number of rotatable bonds is 3. The van der Waals surface area contributed by atoms with Gasteiger partial charge in [-0.1, -0.05) is 6.08 Å². The number of cyclic esters (lactones) is 1. The quantitative estimate of drug-likeness (QED) is 0.360. The Labute approximate surface area is 71.4 Å². The molecule has 66 valence electrons. The van der Waals surface area contributed by atoms with Gasteiger partial charge in [-0.3, -0.25) is 9.59 Å². The molecule has 0 aliphatic carbocycles. The lowest BCUT2D eigenvalue weighted by atomic mass is 9.79. The maximum Gasteiger partial charge on any atom is 0.320 e. The standard InChI is InChI=1S/C9H12O3/c1-3-4-9(7(2)10)5-6-12-8(9)11/h3H,1,4-6H2,2H3/t9-/m0/s1. The molecule has 1 heterocycles. The number of ketones is 1. The molecule has 1 aliphatic rings. The van der Waals surface area contributed by atoms with E-state index >= 15 is 0 Å². The maximum atomic E-state index is 11.2. The van der Waals surface area contributed by atoms with Crippen molar-refractivity contribution in [2.45, 2.75) is 19.8 Å². The summed E-state index contributed by atoms with van der Waals surface area (Å²) in [6.45, 7) is 5.31. The van der Waals surface area contributed by atoms with Crippen molar-refractivity contribution in [1.82, 2.24) is 0 Å². The highest BCUT2D eigenvalue weighted by atomic mass is 16.5. The minimum atomic E-state index is -0.915. The summed E-state index contributed by atoms with van der Waals surface area (Å²) in [6.07, 6.45) is 2.47. The Morgan fingerprint density at radius 2 is 2.50 bits per heavy atom. The van der Waals surface area contributed by atoms with Gasteiger partial charge in [0, 0.05) is 6.42 Å². The maximum absolute atomic E-state index is 11.2. The van der Waals surface area contributed by atoms with Gasteiger partial charge in [0.1, 0.15) is 11.2 Å². The van der Waals surface area contributed by atoms with Gasteiger partial charge in [0.15, 0.2) is 0 Å². The van der Waals surface area contributed by atoms with Crippen LogP contribution in [-0.2, 0) is 14.3 Å². The Morgan fingerprint density at radius 3 is 2.83 bits per heavy atom. The molecule has 0 radical (unpaired) electrons. The zero-order chi connectivity index (χ0) is 9.19. The predicted molar refractivity (Wildman–Crippen MR) is 43.5 cm³/mol. The topological polar surface area (TPSA) is 43.4 Å². The average Bonchev–Trinajstić information content (AvgIpc) is 2.34. The summed E-state index contributed by atoms with van der Waals surface area (Å²) in [5.41, 5.74) is -0.915. The molecule has 12 heavy (non-hydrogen) atoms. The van der Waals surface area contributed by atoms with Crippen LogP contribution >= 0.6 is 0 Å². The summed E-state index contributed by atoms with van der Waals surface area (Å²) in [5, 5.41) is 0. The molecule has 3 nitrogen and oxygen atoms in total. The number of esters is 1. The molecule has 1 saturated heterocycles. The smallest absolute Gasteiger partial charge is 0.320 e. The van der Waals surface area contributed by atoms with Gasteiger partial charge in [0.05, 0.1) is 6.61 Å². The zero-order valence-electron chi connectivity index (χ0n) is 7.13. The third-order valence-electron chi connectivity index (χ3n) is 2.32. The summed E-state index contributed by atoms with van der Waals surface area (Å²) in [7, 11) is 0. The molecule has 3 heteroatoms. The number of allylic oxidation sites excluding steroid dienone is 1. The Kier molecular flexibility index (Phi) is 2.31. The first kappa shape index (κ1) is 8.97. The van der Waals surface area contributed by atoms with Gasteiger partial charge in [0.25, 0.3) is 0 Å². The third kappa shape index (κ3) is 1.15. The number of Topliss-reactive ketones (excluding diaryl/α,β-unsaturated/α-hetero) is 1. The molecular formula is C9H12O3. The third-order valence-corrected chi connectivity index (χ3v) is 2.32. The Balaban J connectivity index is 2.92. The van der Waals surface area contributed by atoms with Crippen molar-refractivity contribution in [3.05, 3.63) is 12.7 Å². The number of carbonyl (C=O) groups is 2. The first-order valence-electron chi connectivity index (χ1n) is 3.92. The zero-order valence-corrected chi connectivity index (χ0v) is 7.13. The molecule has 0 unspecified atom stereocenters. The van der Waals surface area contributed by atoms with Crippen LogP contribution in [0.25, 0.3) is 0 Å². The summed E-state index contributed by atoms with van der Waals surface area (Å²) in [6, 6.07) is 0. The fraction of sp³-hybridized carbons (Fsp3) is 0.556. The van der Waals surface area contributed by atoms with Crippen molar-refractivity contribution in [1.29, 1.82) is 0 Å². The molecule has 0 bridgehead atoms. The lowest BCUT2D eigenvalue weighted by molar-refractivity contribution is -0.150. The first-order chi connectivity index (χ1) is 5.63. The number of hydrogen-bond donors (Lipinski definition) is 0. The molecule has 0 aromatic heterocycles. The highest BCUT2D eigenvalue weighted by molar-refractivity contribution is 6.03. The van der Waals surface area contributed by atoms with Crippen LogP contribution in [-0.4, -0.2) is 18.4 Å². The first-order valence-corrected chi connectivity index (χ1v) is 3.92. The minimum Gasteiger partial charge on any atom is -0.465 e. The molecule has 0 amide bonds. The second-order valence-corrected chi connectivity index (χ2v) is 3.02. The van der Waals surface area contributed by atoms with Crippen LogP contribution in [0.5, 0.6) is 0 Å². The van der Waals surface area contributed by atoms with Crippen LogP contribution in [0.1, 0.15) is 19.8 Å². The Morgan fingerprint density at radius 1 is 1.83 bits per heavy atom. The van der Waals surface area contributed by atoms with Gasteiger partial charge >= 0.3 is 5.97 Å². The SMILES string of the molecule is C=CC[C@@]1(C(C)=O)CCOC1=O. The van der Waals surface area contributed by atoms with Gasteiger partial charge in [0.2, 0.25) is 0 Å². The van der Waals surface area contributed by atoms with E-state index in [1.165, 1.54) is 6.92 Å². The van der Waals surface area contributed by atoms with E-state index in [-0.39, 0.29) is 5.78 Å². The van der Waals surface area contributed by atoms with Crippen molar-refractivity contribution >= 4 is 11.8 Å². The van der Waals surface area contributed by atoms with E-state index in [4.69, 9.17) is 4.74 Å². The molecule has 0 aromatic rings. The van der Waals surface area contributed by atoms with E-state index in [1.54, 1.807) is 6.08 Å². The summed E-state index contributed by atoms with van der Waals surface area (Å²) in [4.78, 5) is 22.5.